The lowest BCUT2D eigenvalue weighted by atomic mass is 10.0. The molecule has 2 heterocycles. The number of ether oxygens (including phenoxy) is 1. The zero-order valence-electron chi connectivity index (χ0n) is 17.3. The molecule has 4 nitrogen and oxygen atoms in total. The van der Waals surface area contributed by atoms with Crippen LogP contribution in [0.1, 0.15) is 16.7 Å². The minimum atomic E-state index is 0.582. The first-order valence-electron chi connectivity index (χ1n) is 10.3. The Morgan fingerprint density at radius 2 is 1.69 bits per heavy atom. The molecule has 1 fully saturated rings. The highest BCUT2D eigenvalue weighted by atomic mass is 16.5. The molecular weight excluding hydrogens is 358 g/mol. The van der Waals surface area contributed by atoms with Crippen molar-refractivity contribution in [1.82, 2.24) is 14.8 Å². The second kappa shape index (κ2) is 9.21. The molecule has 3 aromatic rings. The van der Waals surface area contributed by atoms with E-state index >= 15 is 0 Å². The third kappa shape index (κ3) is 5.22. The Hall–Kier alpha value is -2.69. The first kappa shape index (κ1) is 19.6. The summed E-state index contributed by atoms with van der Waals surface area (Å²) in [4.78, 5) is 9.62. The van der Waals surface area contributed by atoms with E-state index in [4.69, 9.17) is 9.72 Å². The van der Waals surface area contributed by atoms with E-state index in [0.29, 0.717) is 6.61 Å². The Labute approximate surface area is 173 Å². The largest absolute Gasteiger partial charge is 0.489 e. The number of benzene rings is 2. The maximum atomic E-state index is 5.95. The van der Waals surface area contributed by atoms with Crippen LogP contribution in [0, 0.1) is 6.92 Å². The molecule has 29 heavy (non-hydrogen) atoms. The van der Waals surface area contributed by atoms with Crippen molar-refractivity contribution in [2.45, 2.75) is 20.1 Å². The van der Waals surface area contributed by atoms with Crippen LogP contribution in [0.15, 0.2) is 66.9 Å². The van der Waals surface area contributed by atoms with Gasteiger partial charge in [-0.2, -0.15) is 0 Å². The van der Waals surface area contributed by atoms with Gasteiger partial charge in [0.25, 0.3) is 0 Å². The summed E-state index contributed by atoms with van der Waals surface area (Å²) < 4.78 is 5.95. The number of hydrogen-bond donors (Lipinski definition) is 0. The van der Waals surface area contributed by atoms with Crippen molar-refractivity contribution in [3.63, 3.8) is 0 Å². The van der Waals surface area contributed by atoms with E-state index in [0.717, 1.165) is 49.7 Å². The number of aromatic nitrogens is 1. The molecule has 0 saturated carbocycles. The van der Waals surface area contributed by atoms with Crippen molar-refractivity contribution in [3.8, 4) is 17.0 Å². The fraction of sp³-hybridized carbons (Fsp3) is 0.320. The number of hydrogen-bond acceptors (Lipinski definition) is 4. The summed E-state index contributed by atoms with van der Waals surface area (Å²) in [7, 11) is 2.19. The Morgan fingerprint density at radius 1 is 0.897 bits per heavy atom. The molecule has 1 aromatic heterocycles. The van der Waals surface area contributed by atoms with Crippen molar-refractivity contribution in [2.24, 2.45) is 0 Å². The van der Waals surface area contributed by atoms with Crippen LogP contribution >= 0.6 is 0 Å². The second-order valence-corrected chi connectivity index (χ2v) is 7.88. The molecule has 1 aliphatic heterocycles. The highest BCUT2D eigenvalue weighted by Crippen LogP contribution is 2.26. The van der Waals surface area contributed by atoms with Gasteiger partial charge >= 0.3 is 0 Å². The number of nitrogens with zero attached hydrogens (tertiary/aromatic N) is 3. The van der Waals surface area contributed by atoms with Crippen LogP contribution in [0.25, 0.3) is 11.3 Å². The average Bonchev–Trinajstić information content (AvgIpc) is 2.75. The van der Waals surface area contributed by atoms with E-state index in [1.807, 2.05) is 30.5 Å². The molecule has 0 aliphatic carbocycles. The Kier molecular flexibility index (Phi) is 6.23. The minimum Gasteiger partial charge on any atom is -0.489 e. The van der Waals surface area contributed by atoms with Gasteiger partial charge in [0.05, 0.1) is 5.69 Å². The molecule has 1 aliphatic rings. The zero-order valence-corrected chi connectivity index (χ0v) is 17.3. The highest BCUT2D eigenvalue weighted by molar-refractivity contribution is 5.64. The lowest BCUT2D eigenvalue weighted by Gasteiger charge is -2.32. The Balaban J connectivity index is 1.39. The zero-order chi connectivity index (χ0) is 20.1. The molecule has 0 amide bonds. The number of rotatable bonds is 6. The number of aryl methyl sites for hydroxylation is 1. The summed E-state index contributed by atoms with van der Waals surface area (Å²) >= 11 is 0. The van der Waals surface area contributed by atoms with Crippen LogP contribution in [0.2, 0.25) is 0 Å². The summed E-state index contributed by atoms with van der Waals surface area (Å²) in [6.07, 6.45) is 2.02. The van der Waals surface area contributed by atoms with E-state index in [1.54, 1.807) is 0 Å². The molecule has 150 valence electrons. The SMILES string of the molecule is Cc1cc(OCc2ccccc2)ccc1-c1ccc(CN2CCN(C)CC2)cn1. The average molecular weight is 388 g/mol. The summed E-state index contributed by atoms with van der Waals surface area (Å²) in [6.45, 7) is 8.21. The summed E-state index contributed by atoms with van der Waals surface area (Å²) in [5.41, 5.74) is 5.79. The normalized spacial score (nSPS) is 15.4. The summed E-state index contributed by atoms with van der Waals surface area (Å²) in [5.74, 6) is 0.891. The van der Waals surface area contributed by atoms with Gasteiger partial charge in [0.2, 0.25) is 0 Å². The Morgan fingerprint density at radius 3 is 2.38 bits per heavy atom. The molecule has 0 spiro atoms. The van der Waals surface area contributed by atoms with E-state index in [-0.39, 0.29) is 0 Å². The first-order valence-corrected chi connectivity index (χ1v) is 10.3. The molecule has 4 heteroatoms. The second-order valence-electron chi connectivity index (χ2n) is 7.88. The lowest BCUT2D eigenvalue weighted by molar-refractivity contribution is 0.148. The fourth-order valence-corrected chi connectivity index (χ4v) is 3.70. The molecule has 0 unspecified atom stereocenters. The fourth-order valence-electron chi connectivity index (χ4n) is 3.70. The summed E-state index contributed by atoms with van der Waals surface area (Å²) in [5, 5.41) is 0. The molecule has 0 radical (unpaired) electrons. The van der Waals surface area contributed by atoms with E-state index in [9.17, 15) is 0 Å². The van der Waals surface area contributed by atoms with Crippen molar-refractivity contribution in [2.75, 3.05) is 33.2 Å². The Bertz CT molecular complexity index is 917. The molecular formula is C25H29N3O. The van der Waals surface area contributed by atoms with Crippen LogP contribution in [0.3, 0.4) is 0 Å². The lowest BCUT2D eigenvalue weighted by Crippen LogP contribution is -2.43. The monoisotopic (exact) mass is 387 g/mol. The van der Waals surface area contributed by atoms with Crippen LogP contribution in [-0.4, -0.2) is 48.0 Å². The summed E-state index contributed by atoms with van der Waals surface area (Å²) in [6, 6.07) is 20.8. The van der Waals surface area contributed by atoms with Crippen molar-refractivity contribution in [3.05, 3.63) is 83.6 Å². The molecule has 0 N–H and O–H groups in total. The predicted molar refractivity (Wildman–Crippen MR) is 118 cm³/mol. The van der Waals surface area contributed by atoms with Gasteiger partial charge < -0.3 is 9.64 Å². The molecule has 2 aromatic carbocycles. The third-order valence-electron chi connectivity index (χ3n) is 5.55. The molecule has 0 bridgehead atoms. The van der Waals surface area contributed by atoms with Gasteiger partial charge in [0.15, 0.2) is 0 Å². The van der Waals surface area contributed by atoms with Crippen LogP contribution < -0.4 is 4.74 Å². The first-order chi connectivity index (χ1) is 14.2. The van der Waals surface area contributed by atoms with Gasteiger partial charge in [-0.15, -0.1) is 0 Å². The van der Waals surface area contributed by atoms with Gasteiger partial charge in [-0.05, 0) is 54.9 Å². The standard InChI is InChI=1S/C25H29N3O/c1-20-16-23(29-19-21-6-4-3-5-7-21)9-10-24(20)25-11-8-22(17-26-25)18-28-14-12-27(2)13-15-28/h3-11,16-17H,12-15,18-19H2,1-2H3. The van der Waals surface area contributed by atoms with E-state index in [2.05, 4.69) is 60.2 Å². The molecule has 0 atom stereocenters. The van der Waals surface area contributed by atoms with Crippen LogP contribution in [-0.2, 0) is 13.2 Å². The number of likely N-dealkylation sites (N-methyl/N-ethyl adjacent to an activating group) is 1. The van der Waals surface area contributed by atoms with Crippen molar-refractivity contribution >= 4 is 0 Å². The van der Waals surface area contributed by atoms with Crippen molar-refractivity contribution < 1.29 is 4.74 Å². The van der Waals surface area contributed by atoms with Crippen LogP contribution in [0.5, 0.6) is 5.75 Å². The number of piperazine rings is 1. The van der Waals surface area contributed by atoms with Gasteiger partial charge in [0, 0.05) is 44.5 Å². The molecule has 1 saturated heterocycles. The van der Waals surface area contributed by atoms with Gasteiger partial charge in [-0.3, -0.25) is 9.88 Å². The molecule has 4 rings (SSSR count). The van der Waals surface area contributed by atoms with Crippen LogP contribution in [0.4, 0.5) is 0 Å². The maximum Gasteiger partial charge on any atom is 0.120 e. The topological polar surface area (TPSA) is 28.6 Å². The predicted octanol–water partition coefficient (Wildman–Crippen LogP) is 4.38. The van der Waals surface area contributed by atoms with E-state index in [1.165, 1.54) is 16.7 Å². The van der Waals surface area contributed by atoms with E-state index < -0.39 is 0 Å². The quantitative estimate of drug-likeness (QED) is 0.627. The smallest absolute Gasteiger partial charge is 0.120 e. The van der Waals surface area contributed by atoms with Gasteiger partial charge in [-0.25, -0.2) is 0 Å². The van der Waals surface area contributed by atoms with Gasteiger partial charge in [0.1, 0.15) is 12.4 Å². The third-order valence-corrected chi connectivity index (χ3v) is 5.55. The minimum absolute atomic E-state index is 0.582. The maximum absolute atomic E-state index is 5.95. The van der Waals surface area contributed by atoms with Gasteiger partial charge in [-0.1, -0.05) is 36.4 Å². The number of pyridine rings is 1. The highest BCUT2D eigenvalue weighted by Gasteiger charge is 2.14. The van der Waals surface area contributed by atoms with Crippen molar-refractivity contribution in [1.29, 1.82) is 0 Å².